The van der Waals surface area contributed by atoms with E-state index >= 15 is 0 Å². The molecule has 0 radical (unpaired) electrons. The zero-order valence-corrected chi connectivity index (χ0v) is 18.6. The topological polar surface area (TPSA) is 84.9 Å². The van der Waals surface area contributed by atoms with Crippen LogP contribution in [0.1, 0.15) is 56.9 Å². The van der Waals surface area contributed by atoms with Gasteiger partial charge in [0.2, 0.25) is 10.0 Å². The fourth-order valence-corrected chi connectivity index (χ4v) is 5.92. The first-order chi connectivity index (χ1) is 14.4. The van der Waals surface area contributed by atoms with Crippen LogP contribution in [0.4, 0.5) is 0 Å². The summed E-state index contributed by atoms with van der Waals surface area (Å²) < 4.78 is 39.0. The van der Waals surface area contributed by atoms with Crippen molar-refractivity contribution in [3.05, 3.63) is 29.8 Å². The van der Waals surface area contributed by atoms with E-state index in [1.54, 1.807) is 4.90 Å². The summed E-state index contributed by atoms with van der Waals surface area (Å²) in [5, 5.41) is 0. The average molecular weight is 437 g/mol. The zero-order chi connectivity index (χ0) is 21.3. The van der Waals surface area contributed by atoms with E-state index in [0.29, 0.717) is 31.9 Å². The van der Waals surface area contributed by atoms with Crippen molar-refractivity contribution in [2.75, 3.05) is 19.4 Å². The van der Waals surface area contributed by atoms with E-state index in [0.717, 1.165) is 37.7 Å². The van der Waals surface area contributed by atoms with Gasteiger partial charge in [-0.05, 0) is 56.1 Å². The molecule has 1 saturated heterocycles. The SMILES string of the molecule is CCC1Oc2ccccc2C2CCC(CC2)OCC2C(NS(C)(=O)=O)CCN2C1=O. The van der Waals surface area contributed by atoms with Crippen LogP contribution in [0.2, 0.25) is 0 Å². The maximum atomic E-state index is 13.4. The van der Waals surface area contributed by atoms with Crippen LogP contribution in [-0.4, -0.2) is 62.9 Å². The van der Waals surface area contributed by atoms with Gasteiger partial charge in [-0.2, -0.15) is 0 Å². The van der Waals surface area contributed by atoms with Crippen molar-refractivity contribution < 1.29 is 22.7 Å². The molecular weight excluding hydrogens is 404 g/mol. The zero-order valence-electron chi connectivity index (χ0n) is 17.7. The fourth-order valence-electron chi connectivity index (χ4n) is 5.09. The lowest BCUT2D eigenvalue weighted by atomic mass is 9.82. The Morgan fingerprint density at radius 1 is 1.13 bits per heavy atom. The van der Waals surface area contributed by atoms with Crippen LogP contribution < -0.4 is 9.46 Å². The smallest absolute Gasteiger partial charge is 0.264 e. The van der Waals surface area contributed by atoms with Gasteiger partial charge in [0.25, 0.3) is 5.91 Å². The second kappa shape index (κ2) is 8.85. The third kappa shape index (κ3) is 4.65. The Morgan fingerprint density at radius 3 is 2.57 bits per heavy atom. The van der Waals surface area contributed by atoms with E-state index in [1.165, 1.54) is 5.56 Å². The first-order valence-electron chi connectivity index (χ1n) is 11.0. The largest absolute Gasteiger partial charge is 0.480 e. The van der Waals surface area contributed by atoms with Crippen LogP contribution in [0.5, 0.6) is 5.75 Å². The molecule has 1 saturated carbocycles. The summed E-state index contributed by atoms with van der Waals surface area (Å²) in [4.78, 5) is 15.2. The van der Waals surface area contributed by atoms with Gasteiger partial charge in [0, 0.05) is 12.6 Å². The minimum atomic E-state index is -3.38. The van der Waals surface area contributed by atoms with Crippen molar-refractivity contribution in [2.45, 2.75) is 75.7 Å². The fraction of sp³-hybridized carbons (Fsp3) is 0.682. The molecule has 1 aromatic rings. The van der Waals surface area contributed by atoms with Gasteiger partial charge in [-0.25, -0.2) is 13.1 Å². The minimum Gasteiger partial charge on any atom is -0.480 e. The van der Waals surface area contributed by atoms with Crippen molar-refractivity contribution in [1.29, 1.82) is 0 Å². The molecule has 2 bridgehead atoms. The van der Waals surface area contributed by atoms with Gasteiger partial charge >= 0.3 is 0 Å². The Morgan fingerprint density at radius 2 is 1.87 bits per heavy atom. The molecule has 166 valence electrons. The molecule has 0 spiro atoms. The number of carbonyl (C=O) groups is 1. The number of nitrogens with one attached hydrogen (secondary N) is 1. The first-order valence-corrected chi connectivity index (χ1v) is 12.9. The Hall–Kier alpha value is -1.64. The summed E-state index contributed by atoms with van der Waals surface area (Å²) in [5.41, 5.74) is 1.18. The van der Waals surface area contributed by atoms with Crippen LogP contribution in [0.15, 0.2) is 24.3 Å². The third-order valence-electron chi connectivity index (χ3n) is 6.65. The lowest BCUT2D eigenvalue weighted by Gasteiger charge is -2.32. The summed E-state index contributed by atoms with van der Waals surface area (Å²) in [5.74, 6) is 1.11. The molecule has 1 N–H and O–H groups in total. The number of para-hydroxylation sites is 1. The van der Waals surface area contributed by atoms with Crippen LogP contribution in [0.3, 0.4) is 0 Å². The van der Waals surface area contributed by atoms with Gasteiger partial charge in [0.1, 0.15) is 5.75 Å². The van der Waals surface area contributed by atoms with E-state index in [1.807, 2.05) is 25.1 Å². The van der Waals surface area contributed by atoms with Gasteiger partial charge < -0.3 is 14.4 Å². The second-order valence-electron chi connectivity index (χ2n) is 8.74. The molecule has 8 heteroatoms. The Kier molecular flexibility index (Phi) is 6.36. The number of ether oxygens (including phenoxy) is 2. The van der Waals surface area contributed by atoms with E-state index in [2.05, 4.69) is 10.8 Å². The molecule has 1 aromatic carbocycles. The molecule has 5 rings (SSSR count). The molecular formula is C22H32N2O5S. The molecule has 3 aliphatic heterocycles. The van der Waals surface area contributed by atoms with E-state index < -0.39 is 16.1 Å². The summed E-state index contributed by atoms with van der Waals surface area (Å²) in [6, 6.07) is 7.40. The number of carbonyl (C=O) groups excluding carboxylic acids is 1. The number of hydrogen-bond donors (Lipinski definition) is 1. The molecule has 3 atom stereocenters. The molecule has 3 heterocycles. The summed E-state index contributed by atoms with van der Waals surface area (Å²) in [6.07, 6.45) is 5.80. The van der Waals surface area contributed by atoms with E-state index in [-0.39, 0.29) is 24.1 Å². The predicted octanol–water partition coefficient (Wildman–Crippen LogP) is 2.42. The van der Waals surface area contributed by atoms with Crippen LogP contribution in [-0.2, 0) is 19.6 Å². The summed E-state index contributed by atoms with van der Waals surface area (Å²) >= 11 is 0. The minimum absolute atomic E-state index is 0.0923. The molecule has 1 amide bonds. The summed E-state index contributed by atoms with van der Waals surface area (Å²) in [7, 11) is -3.38. The normalized spacial score (nSPS) is 32.4. The third-order valence-corrected chi connectivity index (χ3v) is 7.38. The Labute approximate surface area is 179 Å². The predicted molar refractivity (Wildman–Crippen MR) is 114 cm³/mol. The maximum Gasteiger partial charge on any atom is 0.264 e. The van der Waals surface area contributed by atoms with Crippen LogP contribution >= 0.6 is 0 Å². The second-order valence-corrected chi connectivity index (χ2v) is 10.5. The number of amides is 1. The monoisotopic (exact) mass is 436 g/mol. The van der Waals surface area contributed by atoms with Crippen molar-refractivity contribution >= 4 is 15.9 Å². The van der Waals surface area contributed by atoms with Crippen LogP contribution in [0.25, 0.3) is 0 Å². The number of benzene rings is 1. The first kappa shape index (κ1) is 21.6. The Bertz CT molecular complexity index is 866. The maximum absolute atomic E-state index is 13.4. The number of hydrogen-bond acceptors (Lipinski definition) is 5. The summed E-state index contributed by atoms with van der Waals surface area (Å²) in [6.45, 7) is 2.79. The molecule has 7 nitrogen and oxygen atoms in total. The quantitative estimate of drug-likeness (QED) is 0.787. The highest BCUT2D eigenvalue weighted by atomic mass is 32.2. The molecule has 4 aliphatic rings. The van der Waals surface area contributed by atoms with Crippen molar-refractivity contribution in [1.82, 2.24) is 9.62 Å². The van der Waals surface area contributed by atoms with Gasteiger partial charge in [-0.3, -0.25) is 4.79 Å². The van der Waals surface area contributed by atoms with E-state index in [9.17, 15) is 13.2 Å². The van der Waals surface area contributed by atoms with Gasteiger partial charge in [0.05, 0.1) is 25.0 Å². The lowest BCUT2D eigenvalue weighted by Crippen LogP contribution is -2.52. The molecule has 1 aliphatic carbocycles. The highest BCUT2D eigenvalue weighted by molar-refractivity contribution is 7.88. The number of fused-ring (bicyclic) bond motifs is 5. The van der Waals surface area contributed by atoms with Gasteiger partial charge in [0.15, 0.2) is 6.10 Å². The number of nitrogens with zero attached hydrogens (tertiary/aromatic N) is 1. The van der Waals surface area contributed by atoms with Gasteiger partial charge in [-0.1, -0.05) is 25.1 Å². The van der Waals surface area contributed by atoms with Crippen molar-refractivity contribution in [3.8, 4) is 5.75 Å². The van der Waals surface area contributed by atoms with Crippen LogP contribution in [0, 0.1) is 0 Å². The molecule has 2 fully saturated rings. The number of sulfonamides is 1. The van der Waals surface area contributed by atoms with Crippen molar-refractivity contribution in [2.24, 2.45) is 0 Å². The van der Waals surface area contributed by atoms with E-state index in [4.69, 9.17) is 9.47 Å². The van der Waals surface area contributed by atoms with Crippen molar-refractivity contribution in [3.63, 3.8) is 0 Å². The molecule has 3 unspecified atom stereocenters. The molecule has 30 heavy (non-hydrogen) atoms. The highest BCUT2D eigenvalue weighted by Gasteiger charge is 2.42. The standard InChI is InChI=1S/C22H32N2O5S/c1-3-20-22(25)24-13-12-18(23-30(2,26)27)19(24)14-28-16-10-8-15(9-11-16)17-6-4-5-7-21(17)29-20/h4-7,15-16,18-20,23H,3,8-14H2,1-2H3. The molecule has 0 aromatic heterocycles. The van der Waals surface area contributed by atoms with Gasteiger partial charge in [-0.15, -0.1) is 0 Å². The number of rotatable bonds is 3. The average Bonchev–Trinajstić information content (AvgIpc) is 3.11. The highest BCUT2D eigenvalue weighted by Crippen LogP contribution is 2.39. The Balaban J connectivity index is 1.66. The lowest BCUT2D eigenvalue weighted by molar-refractivity contribution is -0.141.